The van der Waals surface area contributed by atoms with E-state index in [1.807, 2.05) is 50.4 Å². The monoisotopic (exact) mass is 174 g/mol. The van der Waals surface area contributed by atoms with Gasteiger partial charge < -0.3 is 4.98 Å². The molecule has 0 aliphatic rings. The number of rotatable bonds is 3. The fourth-order valence-electron chi connectivity index (χ4n) is 1.02. The number of nitrogens with one attached hydrogen (secondary N) is 1. The zero-order chi connectivity index (χ0) is 9.52. The second-order valence-electron chi connectivity index (χ2n) is 2.59. The molecule has 0 saturated heterocycles. The highest BCUT2D eigenvalue weighted by Gasteiger charge is 1.96. The van der Waals surface area contributed by atoms with E-state index in [-0.39, 0.29) is 0 Å². The number of allylic oxidation sites excluding steroid dienone is 6. The van der Waals surface area contributed by atoms with Crippen molar-refractivity contribution < 1.29 is 0 Å². The van der Waals surface area contributed by atoms with Crippen molar-refractivity contribution in [3.05, 3.63) is 48.6 Å². The van der Waals surface area contributed by atoms with Gasteiger partial charge in [0.05, 0.1) is 0 Å². The molecular weight excluding hydrogens is 160 g/mol. The van der Waals surface area contributed by atoms with Crippen molar-refractivity contribution in [1.29, 1.82) is 0 Å². The van der Waals surface area contributed by atoms with Crippen molar-refractivity contribution in [2.45, 2.75) is 13.8 Å². The average Bonchev–Trinajstić information content (AvgIpc) is 2.65. The molecule has 0 spiro atoms. The summed E-state index contributed by atoms with van der Waals surface area (Å²) in [4.78, 5) is 7.25. The van der Waals surface area contributed by atoms with Crippen molar-refractivity contribution in [3.63, 3.8) is 0 Å². The van der Waals surface area contributed by atoms with Crippen LogP contribution in [0.15, 0.2) is 42.8 Å². The Hall–Kier alpha value is -1.57. The molecule has 2 heteroatoms. The Morgan fingerprint density at radius 1 is 1.38 bits per heavy atom. The quantitative estimate of drug-likeness (QED) is 0.701. The van der Waals surface area contributed by atoms with Gasteiger partial charge in [0.1, 0.15) is 5.82 Å². The second-order valence-corrected chi connectivity index (χ2v) is 2.59. The molecule has 0 amide bonds. The zero-order valence-corrected chi connectivity index (χ0v) is 7.99. The first-order valence-electron chi connectivity index (χ1n) is 4.34. The van der Waals surface area contributed by atoms with Crippen LogP contribution in [-0.4, -0.2) is 9.97 Å². The van der Waals surface area contributed by atoms with Crippen LogP contribution >= 0.6 is 0 Å². The van der Waals surface area contributed by atoms with E-state index in [0.29, 0.717) is 0 Å². The van der Waals surface area contributed by atoms with E-state index >= 15 is 0 Å². The summed E-state index contributed by atoms with van der Waals surface area (Å²) >= 11 is 0. The number of imidazole rings is 1. The van der Waals surface area contributed by atoms with E-state index in [1.54, 1.807) is 6.20 Å². The standard InChI is InChI=1S/C11H14N2/c1-3-5-7-10(6-4-2)11-12-8-9-13-11/h3-9H,1-2H3,(H,12,13)/b5-3-,6-4-,10-7+. The second kappa shape index (κ2) is 5.14. The molecule has 0 aromatic carbocycles. The van der Waals surface area contributed by atoms with Gasteiger partial charge in [-0.05, 0) is 13.8 Å². The summed E-state index contributed by atoms with van der Waals surface area (Å²) in [5, 5.41) is 0. The number of aromatic amines is 1. The van der Waals surface area contributed by atoms with Crippen LogP contribution in [0.5, 0.6) is 0 Å². The van der Waals surface area contributed by atoms with Crippen LogP contribution in [0.1, 0.15) is 19.7 Å². The summed E-state index contributed by atoms with van der Waals surface area (Å²) in [7, 11) is 0. The number of H-pyrrole nitrogens is 1. The van der Waals surface area contributed by atoms with Crippen molar-refractivity contribution >= 4 is 5.57 Å². The molecule has 0 aliphatic carbocycles. The van der Waals surface area contributed by atoms with Crippen molar-refractivity contribution in [2.24, 2.45) is 0 Å². The molecule has 0 fully saturated rings. The molecule has 1 heterocycles. The lowest BCUT2D eigenvalue weighted by molar-refractivity contribution is 1.24. The normalized spacial score (nSPS) is 13.2. The molecule has 1 aromatic rings. The third kappa shape index (κ3) is 2.75. The van der Waals surface area contributed by atoms with E-state index in [4.69, 9.17) is 0 Å². The molecule has 1 aromatic heterocycles. The first-order chi connectivity index (χ1) is 6.38. The van der Waals surface area contributed by atoms with Crippen LogP contribution in [0.2, 0.25) is 0 Å². The number of hydrogen-bond donors (Lipinski definition) is 1. The summed E-state index contributed by atoms with van der Waals surface area (Å²) in [5.41, 5.74) is 1.09. The lowest BCUT2D eigenvalue weighted by atomic mass is 10.2. The van der Waals surface area contributed by atoms with Gasteiger partial charge in [-0.3, -0.25) is 0 Å². The predicted octanol–water partition coefficient (Wildman–Crippen LogP) is 2.95. The summed E-state index contributed by atoms with van der Waals surface area (Å²) in [6.07, 6.45) is 13.6. The highest BCUT2D eigenvalue weighted by molar-refractivity contribution is 5.70. The van der Waals surface area contributed by atoms with E-state index in [2.05, 4.69) is 9.97 Å². The van der Waals surface area contributed by atoms with Crippen LogP contribution < -0.4 is 0 Å². The van der Waals surface area contributed by atoms with Gasteiger partial charge >= 0.3 is 0 Å². The maximum Gasteiger partial charge on any atom is 0.137 e. The summed E-state index contributed by atoms with van der Waals surface area (Å²) < 4.78 is 0. The summed E-state index contributed by atoms with van der Waals surface area (Å²) in [6.45, 7) is 3.98. The maximum absolute atomic E-state index is 4.18. The zero-order valence-electron chi connectivity index (χ0n) is 7.99. The van der Waals surface area contributed by atoms with Gasteiger partial charge in [-0.1, -0.05) is 30.4 Å². The van der Waals surface area contributed by atoms with E-state index in [9.17, 15) is 0 Å². The smallest absolute Gasteiger partial charge is 0.137 e. The molecule has 1 rings (SSSR count). The van der Waals surface area contributed by atoms with Gasteiger partial charge in [0.2, 0.25) is 0 Å². The van der Waals surface area contributed by atoms with Gasteiger partial charge in [-0.15, -0.1) is 0 Å². The molecule has 0 radical (unpaired) electrons. The van der Waals surface area contributed by atoms with Crippen LogP contribution in [0.4, 0.5) is 0 Å². The minimum absolute atomic E-state index is 0.899. The minimum atomic E-state index is 0.899. The maximum atomic E-state index is 4.18. The average molecular weight is 174 g/mol. The van der Waals surface area contributed by atoms with Crippen LogP contribution in [0.25, 0.3) is 5.57 Å². The van der Waals surface area contributed by atoms with Crippen molar-refractivity contribution in [3.8, 4) is 0 Å². The van der Waals surface area contributed by atoms with Gasteiger partial charge in [0, 0.05) is 18.0 Å². The largest absolute Gasteiger partial charge is 0.345 e. The Balaban J connectivity index is 2.93. The SMILES string of the molecule is C\C=C/C=C(\C=C/C)c1ncc[nH]1. The lowest BCUT2D eigenvalue weighted by Crippen LogP contribution is -1.82. The lowest BCUT2D eigenvalue weighted by Gasteiger charge is -1.94. The summed E-state index contributed by atoms with van der Waals surface area (Å²) in [5.74, 6) is 0.899. The third-order valence-electron chi connectivity index (χ3n) is 1.59. The fourth-order valence-corrected chi connectivity index (χ4v) is 1.02. The van der Waals surface area contributed by atoms with Gasteiger partial charge in [-0.2, -0.15) is 0 Å². The first-order valence-corrected chi connectivity index (χ1v) is 4.34. The first kappa shape index (κ1) is 9.52. The van der Waals surface area contributed by atoms with Crippen molar-refractivity contribution in [2.75, 3.05) is 0 Å². The molecular formula is C11H14N2. The molecule has 1 N–H and O–H groups in total. The van der Waals surface area contributed by atoms with Crippen molar-refractivity contribution in [1.82, 2.24) is 9.97 Å². The molecule has 13 heavy (non-hydrogen) atoms. The predicted molar refractivity (Wildman–Crippen MR) is 56.2 cm³/mol. The molecule has 0 saturated carbocycles. The molecule has 0 aliphatic heterocycles. The molecule has 2 nitrogen and oxygen atoms in total. The van der Waals surface area contributed by atoms with E-state index in [0.717, 1.165) is 11.4 Å². The molecule has 68 valence electrons. The Labute approximate surface area is 78.7 Å². The third-order valence-corrected chi connectivity index (χ3v) is 1.59. The van der Waals surface area contributed by atoms with E-state index in [1.165, 1.54) is 0 Å². The molecule has 0 unspecified atom stereocenters. The Morgan fingerprint density at radius 3 is 2.77 bits per heavy atom. The van der Waals surface area contributed by atoms with E-state index < -0.39 is 0 Å². The van der Waals surface area contributed by atoms with Crippen LogP contribution in [0, 0.1) is 0 Å². The molecule has 0 bridgehead atoms. The van der Waals surface area contributed by atoms with Crippen LogP contribution in [0.3, 0.4) is 0 Å². The Bertz CT molecular complexity index is 316. The molecule has 0 atom stereocenters. The Kier molecular flexibility index (Phi) is 3.76. The van der Waals surface area contributed by atoms with Gasteiger partial charge in [-0.25, -0.2) is 4.98 Å². The Morgan fingerprint density at radius 2 is 2.23 bits per heavy atom. The fraction of sp³-hybridized carbons (Fsp3) is 0.182. The minimum Gasteiger partial charge on any atom is -0.345 e. The highest BCUT2D eigenvalue weighted by atomic mass is 14.9. The van der Waals surface area contributed by atoms with Gasteiger partial charge in [0.25, 0.3) is 0 Å². The number of aromatic nitrogens is 2. The van der Waals surface area contributed by atoms with Crippen LogP contribution in [-0.2, 0) is 0 Å². The summed E-state index contributed by atoms with van der Waals surface area (Å²) in [6, 6.07) is 0. The van der Waals surface area contributed by atoms with Gasteiger partial charge in [0.15, 0.2) is 0 Å². The number of hydrogen-bond acceptors (Lipinski definition) is 1. The topological polar surface area (TPSA) is 28.7 Å². The number of nitrogens with zero attached hydrogens (tertiary/aromatic N) is 1. The highest BCUT2D eigenvalue weighted by Crippen LogP contribution is 2.10.